The number of nitro benzene ring substituents is 1. The van der Waals surface area contributed by atoms with Crippen molar-refractivity contribution < 1.29 is 14.8 Å². The Hall–Kier alpha value is -1.66. The molecule has 0 radical (unpaired) electrons. The number of hydrogen-bond acceptors (Lipinski definition) is 5. The molecule has 0 aliphatic carbocycles. The minimum absolute atomic E-state index is 0.0784. The molecule has 1 aromatic rings. The predicted molar refractivity (Wildman–Crippen MR) is 66.7 cm³/mol. The van der Waals surface area contributed by atoms with Gasteiger partial charge < -0.3 is 15.2 Å². The normalized spacial score (nSPS) is 23.0. The van der Waals surface area contributed by atoms with E-state index in [0.717, 1.165) is 0 Å². The zero-order chi connectivity index (χ0) is 13.2. The van der Waals surface area contributed by atoms with Crippen LogP contribution in [0.3, 0.4) is 0 Å². The van der Waals surface area contributed by atoms with Crippen LogP contribution in [0.1, 0.15) is 12.0 Å². The third-order valence-electron chi connectivity index (χ3n) is 3.19. The lowest BCUT2D eigenvalue weighted by Gasteiger charge is -2.22. The molecule has 0 bridgehead atoms. The largest absolute Gasteiger partial charge is 0.386 e. The molecule has 6 nitrogen and oxygen atoms in total. The van der Waals surface area contributed by atoms with Gasteiger partial charge in [0.1, 0.15) is 5.60 Å². The standard InChI is InChI=1S/C12H16N2O4/c1-9-10(3-2-4-11(9)14(16)17)13-7-12(15)5-6-18-8-12/h2-4,13,15H,5-8H2,1H3. The van der Waals surface area contributed by atoms with E-state index in [-0.39, 0.29) is 5.69 Å². The topological polar surface area (TPSA) is 84.6 Å². The predicted octanol–water partition coefficient (Wildman–Crippen LogP) is 1.47. The Labute approximate surface area is 105 Å². The zero-order valence-corrected chi connectivity index (χ0v) is 10.2. The third-order valence-corrected chi connectivity index (χ3v) is 3.19. The molecule has 2 N–H and O–H groups in total. The van der Waals surface area contributed by atoms with E-state index in [0.29, 0.717) is 37.4 Å². The lowest BCUT2D eigenvalue weighted by atomic mass is 10.0. The van der Waals surface area contributed by atoms with E-state index in [1.54, 1.807) is 19.1 Å². The summed E-state index contributed by atoms with van der Waals surface area (Å²) in [5.41, 5.74) is 0.445. The molecule has 1 unspecified atom stereocenters. The molecule has 98 valence electrons. The van der Waals surface area contributed by atoms with Crippen molar-refractivity contribution in [1.29, 1.82) is 0 Å². The second-order valence-electron chi connectivity index (χ2n) is 4.59. The first-order chi connectivity index (χ1) is 8.52. The van der Waals surface area contributed by atoms with E-state index in [2.05, 4.69) is 5.32 Å². The Morgan fingerprint density at radius 3 is 3.00 bits per heavy atom. The smallest absolute Gasteiger partial charge is 0.274 e. The summed E-state index contributed by atoms with van der Waals surface area (Å²) in [7, 11) is 0. The van der Waals surface area contributed by atoms with Gasteiger partial charge in [-0.2, -0.15) is 0 Å². The molecule has 0 amide bonds. The monoisotopic (exact) mass is 252 g/mol. The van der Waals surface area contributed by atoms with Crippen LogP contribution in [0.2, 0.25) is 0 Å². The highest BCUT2D eigenvalue weighted by Crippen LogP contribution is 2.26. The summed E-state index contributed by atoms with van der Waals surface area (Å²) in [6.07, 6.45) is 0.577. The van der Waals surface area contributed by atoms with Crippen LogP contribution in [0, 0.1) is 17.0 Å². The molecule has 2 rings (SSSR count). The highest BCUT2D eigenvalue weighted by molar-refractivity contribution is 5.59. The second-order valence-corrected chi connectivity index (χ2v) is 4.59. The van der Waals surface area contributed by atoms with E-state index >= 15 is 0 Å². The fourth-order valence-corrected chi connectivity index (χ4v) is 2.01. The van der Waals surface area contributed by atoms with Crippen LogP contribution in [-0.4, -0.2) is 35.4 Å². The summed E-state index contributed by atoms with van der Waals surface area (Å²) in [5.74, 6) is 0. The van der Waals surface area contributed by atoms with E-state index in [4.69, 9.17) is 4.74 Å². The van der Waals surface area contributed by atoms with Crippen LogP contribution >= 0.6 is 0 Å². The molecule has 18 heavy (non-hydrogen) atoms. The van der Waals surface area contributed by atoms with Gasteiger partial charge in [0.15, 0.2) is 0 Å². The Morgan fingerprint density at radius 2 is 2.39 bits per heavy atom. The zero-order valence-electron chi connectivity index (χ0n) is 10.2. The Bertz CT molecular complexity index is 455. The Kier molecular flexibility index (Phi) is 3.49. The van der Waals surface area contributed by atoms with Crippen molar-refractivity contribution in [2.24, 2.45) is 0 Å². The van der Waals surface area contributed by atoms with Crippen molar-refractivity contribution in [2.45, 2.75) is 18.9 Å². The highest BCUT2D eigenvalue weighted by Gasteiger charge is 2.32. The van der Waals surface area contributed by atoms with Crippen LogP contribution < -0.4 is 5.32 Å². The number of ether oxygens (including phenoxy) is 1. The molecule has 6 heteroatoms. The van der Waals surface area contributed by atoms with Crippen molar-refractivity contribution in [2.75, 3.05) is 25.1 Å². The first-order valence-electron chi connectivity index (χ1n) is 5.80. The maximum absolute atomic E-state index is 10.8. The van der Waals surface area contributed by atoms with Crippen molar-refractivity contribution in [1.82, 2.24) is 0 Å². The number of rotatable bonds is 4. The van der Waals surface area contributed by atoms with Crippen LogP contribution in [0.5, 0.6) is 0 Å². The van der Waals surface area contributed by atoms with Gasteiger partial charge in [0.05, 0.1) is 11.5 Å². The summed E-state index contributed by atoms with van der Waals surface area (Å²) in [4.78, 5) is 10.4. The molecule has 0 aromatic heterocycles. The van der Waals surface area contributed by atoms with E-state index in [1.807, 2.05) is 0 Å². The summed E-state index contributed by atoms with van der Waals surface area (Å²) in [6.45, 7) is 2.87. The summed E-state index contributed by atoms with van der Waals surface area (Å²) >= 11 is 0. The third kappa shape index (κ3) is 2.60. The van der Waals surface area contributed by atoms with Crippen molar-refractivity contribution in [3.63, 3.8) is 0 Å². The molecule has 0 spiro atoms. The van der Waals surface area contributed by atoms with Gasteiger partial charge in [0, 0.05) is 36.9 Å². The first-order valence-corrected chi connectivity index (χ1v) is 5.80. The van der Waals surface area contributed by atoms with Gasteiger partial charge in [-0.15, -0.1) is 0 Å². The van der Waals surface area contributed by atoms with Gasteiger partial charge >= 0.3 is 0 Å². The average molecular weight is 252 g/mol. The number of benzene rings is 1. The number of nitrogens with one attached hydrogen (secondary N) is 1. The number of nitrogens with zero attached hydrogens (tertiary/aromatic N) is 1. The lowest BCUT2D eigenvalue weighted by Crippen LogP contribution is -2.37. The molecule has 1 heterocycles. The molecule has 0 saturated carbocycles. The first kappa shape index (κ1) is 12.8. The molecule has 1 aliphatic heterocycles. The van der Waals surface area contributed by atoms with Crippen LogP contribution in [0.15, 0.2) is 18.2 Å². The van der Waals surface area contributed by atoms with Crippen molar-refractivity contribution in [3.05, 3.63) is 33.9 Å². The maximum Gasteiger partial charge on any atom is 0.274 e. The number of hydrogen-bond donors (Lipinski definition) is 2. The minimum atomic E-state index is -0.878. The number of aliphatic hydroxyl groups is 1. The van der Waals surface area contributed by atoms with Gasteiger partial charge in [-0.05, 0) is 13.0 Å². The molecular formula is C12H16N2O4. The van der Waals surface area contributed by atoms with Crippen molar-refractivity contribution >= 4 is 11.4 Å². The fourth-order valence-electron chi connectivity index (χ4n) is 2.01. The number of anilines is 1. The average Bonchev–Trinajstić information content (AvgIpc) is 2.75. The highest BCUT2D eigenvalue weighted by atomic mass is 16.6. The van der Waals surface area contributed by atoms with Gasteiger partial charge in [0.2, 0.25) is 0 Å². The van der Waals surface area contributed by atoms with E-state index < -0.39 is 10.5 Å². The van der Waals surface area contributed by atoms with Crippen molar-refractivity contribution in [3.8, 4) is 0 Å². The van der Waals surface area contributed by atoms with E-state index in [1.165, 1.54) is 6.07 Å². The van der Waals surface area contributed by atoms with E-state index in [9.17, 15) is 15.2 Å². The molecule has 1 aliphatic rings. The second kappa shape index (κ2) is 4.91. The minimum Gasteiger partial charge on any atom is -0.386 e. The Balaban J connectivity index is 2.10. The molecule has 1 saturated heterocycles. The van der Waals surface area contributed by atoms with Gasteiger partial charge in [-0.25, -0.2) is 0 Å². The summed E-state index contributed by atoms with van der Waals surface area (Å²) < 4.78 is 5.14. The molecule has 1 aromatic carbocycles. The molecule has 1 atom stereocenters. The quantitative estimate of drug-likeness (QED) is 0.626. The van der Waals surface area contributed by atoms with Gasteiger partial charge in [-0.1, -0.05) is 6.07 Å². The van der Waals surface area contributed by atoms with Crippen LogP contribution in [0.4, 0.5) is 11.4 Å². The summed E-state index contributed by atoms with van der Waals surface area (Å²) in [6, 6.07) is 4.86. The molecular weight excluding hydrogens is 236 g/mol. The van der Waals surface area contributed by atoms with Crippen LogP contribution in [0.25, 0.3) is 0 Å². The summed E-state index contributed by atoms with van der Waals surface area (Å²) in [5, 5.41) is 24.0. The van der Waals surface area contributed by atoms with Gasteiger partial charge in [0.25, 0.3) is 5.69 Å². The Morgan fingerprint density at radius 1 is 1.61 bits per heavy atom. The SMILES string of the molecule is Cc1c(NCC2(O)CCOC2)cccc1[N+](=O)[O-]. The lowest BCUT2D eigenvalue weighted by molar-refractivity contribution is -0.385. The molecule has 1 fully saturated rings. The fraction of sp³-hybridized carbons (Fsp3) is 0.500. The van der Waals surface area contributed by atoms with Gasteiger partial charge in [-0.3, -0.25) is 10.1 Å². The van der Waals surface area contributed by atoms with Crippen LogP contribution in [-0.2, 0) is 4.74 Å². The number of nitro groups is 1. The maximum atomic E-state index is 10.8.